The third kappa shape index (κ3) is 2.25. The largest absolute Gasteiger partial charge is 0.403 e. The van der Waals surface area contributed by atoms with Crippen molar-refractivity contribution < 1.29 is 13.2 Å². The Morgan fingerprint density at radius 3 is 2.45 bits per heavy atom. The Morgan fingerprint density at radius 1 is 1.00 bits per heavy atom. The van der Waals surface area contributed by atoms with Crippen LogP contribution in [0.4, 0.5) is 14.8 Å². The van der Waals surface area contributed by atoms with Gasteiger partial charge >= 0.3 is 6.01 Å². The van der Waals surface area contributed by atoms with E-state index in [1.165, 1.54) is 18.2 Å². The van der Waals surface area contributed by atoms with Gasteiger partial charge in [-0.1, -0.05) is 11.2 Å². The molecule has 3 aliphatic rings. The molecule has 5 nitrogen and oxygen atoms in total. The van der Waals surface area contributed by atoms with E-state index in [0.717, 1.165) is 39.0 Å². The van der Waals surface area contributed by atoms with Crippen LogP contribution in [-0.4, -0.2) is 47.3 Å². The molecule has 1 aromatic carbocycles. The summed E-state index contributed by atoms with van der Waals surface area (Å²) in [7, 11) is 0. The molecule has 3 fully saturated rings. The number of anilines is 1. The average Bonchev–Trinajstić information content (AvgIpc) is 2.79. The van der Waals surface area contributed by atoms with Gasteiger partial charge in [-0.3, -0.25) is 0 Å². The van der Waals surface area contributed by atoms with E-state index in [-0.39, 0.29) is 11.5 Å². The summed E-state index contributed by atoms with van der Waals surface area (Å²) >= 11 is 0. The summed E-state index contributed by atoms with van der Waals surface area (Å²) in [6, 6.07) is 4.39. The summed E-state index contributed by atoms with van der Waals surface area (Å²) in [5, 5.41) is 7.86. The fraction of sp³-hybridized carbons (Fsp3) is 0.467. The van der Waals surface area contributed by atoms with Gasteiger partial charge in [-0.05, 0) is 25.0 Å². The molecule has 0 radical (unpaired) electrons. The average molecular weight is 306 g/mol. The van der Waals surface area contributed by atoms with E-state index in [9.17, 15) is 8.78 Å². The molecule has 0 saturated carbocycles. The van der Waals surface area contributed by atoms with E-state index in [1.807, 2.05) is 0 Å². The van der Waals surface area contributed by atoms with E-state index < -0.39 is 11.6 Å². The number of rotatable bonds is 2. The monoisotopic (exact) mass is 306 g/mol. The van der Waals surface area contributed by atoms with Crippen molar-refractivity contribution in [3.8, 4) is 11.5 Å². The molecule has 116 valence electrons. The Labute approximate surface area is 126 Å². The van der Waals surface area contributed by atoms with Crippen molar-refractivity contribution in [2.75, 3.05) is 31.1 Å². The minimum Gasteiger partial charge on any atom is -0.403 e. The normalized spacial score (nSPS) is 24.5. The van der Waals surface area contributed by atoms with Gasteiger partial charge in [0.05, 0.1) is 0 Å². The maximum atomic E-state index is 13.8. The minimum absolute atomic E-state index is 0.107. The summed E-state index contributed by atoms with van der Waals surface area (Å²) in [6.45, 7) is 3.89. The first-order chi connectivity index (χ1) is 10.7. The van der Waals surface area contributed by atoms with Crippen molar-refractivity contribution in [1.29, 1.82) is 0 Å². The molecule has 0 N–H and O–H groups in total. The van der Waals surface area contributed by atoms with Gasteiger partial charge in [-0.25, -0.2) is 8.78 Å². The molecule has 0 unspecified atom stereocenters. The number of piperidine rings is 1. The number of aromatic nitrogens is 2. The molecule has 7 heteroatoms. The van der Waals surface area contributed by atoms with Crippen LogP contribution in [0.25, 0.3) is 11.5 Å². The van der Waals surface area contributed by atoms with Gasteiger partial charge in [-0.2, -0.15) is 0 Å². The standard InChI is InChI=1S/C15H16F2N4O/c16-11-2-1-3-12(17)13(11)14-18-19-15(22-14)21-9-8-20-6-4-10(21)5-7-20/h1-3,10H,4-9H2. The Hall–Kier alpha value is -2.02. The molecule has 3 saturated heterocycles. The maximum absolute atomic E-state index is 13.8. The highest BCUT2D eigenvalue weighted by Crippen LogP contribution is 2.30. The third-order valence-corrected chi connectivity index (χ3v) is 4.49. The lowest BCUT2D eigenvalue weighted by Gasteiger charge is -2.29. The highest BCUT2D eigenvalue weighted by molar-refractivity contribution is 5.55. The first kappa shape index (κ1) is 13.6. The molecule has 5 rings (SSSR count). The van der Waals surface area contributed by atoms with Crippen molar-refractivity contribution in [1.82, 2.24) is 15.1 Å². The fourth-order valence-electron chi connectivity index (χ4n) is 3.27. The zero-order valence-corrected chi connectivity index (χ0v) is 12.0. The Kier molecular flexibility index (Phi) is 3.29. The molecule has 3 aliphatic heterocycles. The van der Waals surface area contributed by atoms with Crippen molar-refractivity contribution >= 4 is 6.01 Å². The molecule has 22 heavy (non-hydrogen) atoms. The predicted octanol–water partition coefficient (Wildman–Crippen LogP) is 2.30. The zero-order valence-electron chi connectivity index (χ0n) is 12.0. The van der Waals surface area contributed by atoms with Crippen molar-refractivity contribution in [2.45, 2.75) is 18.9 Å². The number of halogens is 2. The van der Waals surface area contributed by atoms with Gasteiger partial charge in [0.2, 0.25) is 0 Å². The Bertz CT molecular complexity index is 662. The van der Waals surface area contributed by atoms with Crippen molar-refractivity contribution in [2.24, 2.45) is 0 Å². The minimum atomic E-state index is -0.696. The number of hydrogen-bond donors (Lipinski definition) is 0. The second-order valence-corrected chi connectivity index (χ2v) is 5.75. The molecular formula is C15H16F2N4O. The molecular weight excluding hydrogens is 290 g/mol. The highest BCUT2D eigenvalue weighted by Gasteiger charge is 2.32. The van der Waals surface area contributed by atoms with E-state index >= 15 is 0 Å². The molecule has 4 heterocycles. The van der Waals surface area contributed by atoms with Crippen LogP contribution >= 0.6 is 0 Å². The van der Waals surface area contributed by atoms with Crippen LogP contribution in [0.1, 0.15) is 12.8 Å². The van der Waals surface area contributed by atoms with E-state index in [0.29, 0.717) is 12.1 Å². The zero-order chi connectivity index (χ0) is 15.1. The van der Waals surface area contributed by atoms with Crippen LogP contribution in [0.3, 0.4) is 0 Å². The topological polar surface area (TPSA) is 45.4 Å². The number of benzene rings is 1. The summed E-state index contributed by atoms with van der Waals surface area (Å²) in [6.07, 6.45) is 2.09. The number of hydrogen-bond acceptors (Lipinski definition) is 5. The van der Waals surface area contributed by atoms with Crippen LogP contribution in [0.5, 0.6) is 0 Å². The first-order valence-corrected chi connectivity index (χ1v) is 7.49. The lowest BCUT2D eigenvalue weighted by atomic mass is 10.1. The van der Waals surface area contributed by atoms with Crippen molar-refractivity contribution in [3.63, 3.8) is 0 Å². The van der Waals surface area contributed by atoms with Crippen LogP contribution in [0.2, 0.25) is 0 Å². The van der Waals surface area contributed by atoms with Gasteiger partial charge in [0, 0.05) is 32.2 Å². The molecule has 0 aliphatic carbocycles. The second-order valence-electron chi connectivity index (χ2n) is 5.75. The molecule has 1 aromatic heterocycles. The van der Waals surface area contributed by atoms with Gasteiger partial charge in [0.15, 0.2) is 0 Å². The quantitative estimate of drug-likeness (QED) is 0.852. The molecule has 0 amide bonds. The smallest absolute Gasteiger partial charge is 0.318 e. The predicted molar refractivity (Wildman–Crippen MR) is 76.5 cm³/mol. The fourth-order valence-corrected chi connectivity index (χ4v) is 3.27. The number of fused-ring (bicyclic) bond motifs is 4. The Morgan fingerprint density at radius 2 is 1.73 bits per heavy atom. The van der Waals surface area contributed by atoms with Crippen LogP contribution in [0, 0.1) is 11.6 Å². The second kappa shape index (κ2) is 5.31. The van der Waals surface area contributed by atoms with Gasteiger partial charge in [-0.15, -0.1) is 5.10 Å². The lowest BCUT2D eigenvalue weighted by molar-refractivity contribution is 0.249. The molecule has 0 spiro atoms. The molecule has 0 atom stereocenters. The lowest BCUT2D eigenvalue weighted by Crippen LogP contribution is -2.38. The van der Waals surface area contributed by atoms with Crippen molar-refractivity contribution in [3.05, 3.63) is 29.8 Å². The summed E-state index contributed by atoms with van der Waals surface area (Å²) in [4.78, 5) is 4.48. The number of nitrogens with zero attached hydrogens (tertiary/aromatic N) is 4. The maximum Gasteiger partial charge on any atom is 0.318 e. The highest BCUT2D eigenvalue weighted by atomic mass is 19.1. The SMILES string of the molecule is Fc1cccc(F)c1-c1nnc(N2CCN3CCC2CC3)o1. The van der Waals surface area contributed by atoms with E-state index in [2.05, 4.69) is 20.0 Å². The Balaban J connectivity index is 1.67. The van der Waals surface area contributed by atoms with E-state index in [1.54, 1.807) is 0 Å². The summed E-state index contributed by atoms with van der Waals surface area (Å²) < 4.78 is 33.2. The van der Waals surface area contributed by atoms with Gasteiger partial charge in [0.25, 0.3) is 5.89 Å². The van der Waals surface area contributed by atoms with Crippen LogP contribution < -0.4 is 4.90 Å². The van der Waals surface area contributed by atoms with Crippen LogP contribution in [-0.2, 0) is 0 Å². The van der Waals surface area contributed by atoms with E-state index in [4.69, 9.17) is 4.42 Å². The van der Waals surface area contributed by atoms with Gasteiger partial charge < -0.3 is 14.2 Å². The summed E-state index contributed by atoms with van der Waals surface area (Å²) in [5.74, 6) is -1.50. The van der Waals surface area contributed by atoms with Crippen LogP contribution in [0.15, 0.2) is 22.6 Å². The summed E-state index contributed by atoms with van der Waals surface area (Å²) in [5.41, 5.74) is -0.260. The molecule has 2 bridgehead atoms. The van der Waals surface area contributed by atoms with Gasteiger partial charge in [0.1, 0.15) is 17.2 Å². The first-order valence-electron chi connectivity index (χ1n) is 7.49. The molecule has 2 aromatic rings. The third-order valence-electron chi connectivity index (χ3n) is 4.49.